The fourth-order valence-corrected chi connectivity index (χ4v) is 2.99. The molecule has 0 spiro atoms. The molecular weight excluding hydrogens is 392 g/mol. The fourth-order valence-electron chi connectivity index (χ4n) is 2.99. The van der Waals surface area contributed by atoms with Crippen LogP contribution >= 0.6 is 0 Å². The maximum Gasteiger partial charge on any atom is 0.319 e. The molecule has 0 fully saturated rings. The van der Waals surface area contributed by atoms with Crippen LogP contribution in [0.3, 0.4) is 0 Å². The van der Waals surface area contributed by atoms with Crippen LogP contribution in [0.1, 0.15) is 30.7 Å². The van der Waals surface area contributed by atoms with E-state index >= 15 is 0 Å². The molecule has 3 aromatic rings. The summed E-state index contributed by atoms with van der Waals surface area (Å²) in [6.07, 6.45) is 2.49. The smallest absolute Gasteiger partial charge is 0.319 e. The van der Waals surface area contributed by atoms with Crippen molar-refractivity contribution >= 4 is 17.6 Å². The summed E-state index contributed by atoms with van der Waals surface area (Å²) in [5.41, 5.74) is 4.43. The normalized spacial score (nSPS) is 10.7. The molecule has 2 aromatic carbocycles. The van der Waals surface area contributed by atoms with Crippen molar-refractivity contribution < 1.29 is 14.0 Å². The number of rotatable bonds is 8. The maximum atomic E-state index is 12.1. The minimum Gasteiger partial charge on any atom is -0.444 e. The van der Waals surface area contributed by atoms with Crippen molar-refractivity contribution in [2.45, 2.75) is 39.7 Å². The van der Waals surface area contributed by atoms with E-state index in [1.54, 1.807) is 18.4 Å². The van der Waals surface area contributed by atoms with Gasteiger partial charge in [-0.1, -0.05) is 29.8 Å². The Hall–Kier alpha value is -3.61. The lowest BCUT2D eigenvalue weighted by Gasteiger charge is -2.09. The number of nitrogens with zero attached hydrogens (tertiary/aromatic N) is 1. The van der Waals surface area contributed by atoms with E-state index in [9.17, 15) is 9.59 Å². The summed E-state index contributed by atoms with van der Waals surface area (Å²) < 4.78 is 5.54. The van der Waals surface area contributed by atoms with Crippen LogP contribution in [-0.2, 0) is 17.6 Å². The van der Waals surface area contributed by atoms with Crippen LogP contribution < -0.4 is 16.0 Å². The Morgan fingerprint density at radius 2 is 1.74 bits per heavy atom. The van der Waals surface area contributed by atoms with Gasteiger partial charge in [0.05, 0.1) is 12.1 Å². The summed E-state index contributed by atoms with van der Waals surface area (Å²) in [5, 5.41) is 8.45. The summed E-state index contributed by atoms with van der Waals surface area (Å²) in [6.45, 7) is 6.31. The molecule has 3 N–H and O–H groups in total. The maximum absolute atomic E-state index is 12.1. The lowest BCUT2D eigenvalue weighted by molar-refractivity contribution is -0.120. The average molecular weight is 421 g/mol. The Morgan fingerprint density at radius 3 is 2.42 bits per heavy atom. The summed E-state index contributed by atoms with van der Waals surface area (Å²) in [6, 6.07) is 15.0. The first kappa shape index (κ1) is 22.1. The Labute approximate surface area is 182 Å². The van der Waals surface area contributed by atoms with Gasteiger partial charge in [0, 0.05) is 30.3 Å². The van der Waals surface area contributed by atoms with Crippen molar-refractivity contribution in [1.29, 1.82) is 0 Å². The van der Waals surface area contributed by atoms with Gasteiger partial charge in [-0.2, -0.15) is 0 Å². The second-order valence-corrected chi connectivity index (χ2v) is 7.74. The number of amides is 3. The van der Waals surface area contributed by atoms with E-state index in [2.05, 4.69) is 20.9 Å². The molecule has 0 aliphatic rings. The van der Waals surface area contributed by atoms with E-state index in [4.69, 9.17) is 4.42 Å². The van der Waals surface area contributed by atoms with E-state index in [-0.39, 0.29) is 18.0 Å². The molecule has 0 saturated heterocycles. The SMILES string of the molecule is Cc1ccc(-c2nc(CCNC(=O)Nc3ccc(CC(=O)NC(C)C)cc3)co2)cc1. The van der Waals surface area contributed by atoms with Gasteiger partial charge in [-0.05, 0) is 50.6 Å². The van der Waals surface area contributed by atoms with E-state index in [0.29, 0.717) is 31.0 Å². The molecule has 0 saturated carbocycles. The molecular formula is C24H28N4O3. The number of hydrogen-bond donors (Lipinski definition) is 3. The second kappa shape index (κ2) is 10.4. The number of nitrogens with one attached hydrogen (secondary N) is 3. The molecule has 0 radical (unpaired) electrons. The van der Waals surface area contributed by atoms with Gasteiger partial charge < -0.3 is 20.4 Å². The third-order valence-electron chi connectivity index (χ3n) is 4.54. The van der Waals surface area contributed by atoms with Gasteiger partial charge in [-0.25, -0.2) is 9.78 Å². The number of carbonyl (C=O) groups excluding carboxylic acids is 2. The summed E-state index contributed by atoms with van der Waals surface area (Å²) in [7, 11) is 0. The second-order valence-electron chi connectivity index (χ2n) is 7.74. The van der Waals surface area contributed by atoms with E-state index in [1.807, 2.05) is 57.2 Å². The van der Waals surface area contributed by atoms with Crippen molar-refractivity contribution in [2.24, 2.45) is 0 Å². The van der Waals surface area contributed by atoms with Crippen LogP contribution in [0, 0.1) is 6.92 Å². The fraction of sp³-hybridized carbons (Fsp3) is 0.292. The minimum atomic E-state index is -0.299. The molecule has 162 valence electrons. The monoisotopic (exact) mass is 420 g/mol. The van der Waals surface area contributed by atoms with Crippen LogP contribution in [0.2, 0.25) is 0 Å². The summed E-state index contributed by atoms with van der Waals surface area (Å²) in [5.74, 6) is 0.550. The van der Waals surface area contributed by atoms with Gasteiger partial charge in [0.1, 0.15) is 6.26 Å². The van der Waals surface area contributed by atoms with Gasteiger partial charge >= 0.3 is 6.03 Å². The quantitative estimate of drug-likeness (QED) is 0.512. The zero-order chi connectivity index (χ0) is 22.2. The van der Waals surface area contributed by atoms with Crippen LogP contribution in [0.15, 0.2) is 59.2 Å². The molecule has 7 heteroatoms. The highest BCUT2D eigenvalue weighted by Gasteiger charge is 2.08. The molecule has 7 nitrogen and oxygen atoms in total. The van der Waals surface area contributed by atoms with Crippen LogP contribution in [0.4, 0.5) is 10.5 Å². The van der Waals surface area contributed by atoms with Gasteiger partial charge in [-0.15, -0.1) is 0 Å². The van der Waals surface area contributed by atoms with Crippen LogP contribution in [0.25, 0.3) is 11.5 Å². The van der Waals surface area contributed by atoms with E-state index in [0.717, 1.165) is 16.8 Å². The Balaban J connectivity index is 1.42. The first-order chi connectivity index (χ1) is 14.9. The van der Waals surface area contributed by atoms with Crippen molar-refractivity contribution in [2.75, 3.05) is 11.9 Å². The standard InChI is InChI=1S/C24H28N4O3/c1-16(2)26-22(29)14-18-6-10-20(11-7-18)28-24(30)25-13-12-21-15-31-23(27-21)19-8-4-17(3)5-9-19/h4-11,15-16H,12-14H2,1-3H3,(H,26,29)(H2,25,28,30). The van der Waals surface area contributed by atoms with Crippen molar-refractivity contribution in [3.05, 3.63) is 71.6 Å². The summed E-state index contributed by atoms with van der Waals surface area (Å²) in [4.78, 5) is 28.4. The zero-order valence-corrected chi connectivity index (χ0v) is 18.1. The number of aryl methyl sites for hydroxylation is 1. The van der Waals surface area contributed by atoms with Crippen LogP contribution in [0.5, 0.6) is 0 Å². The van der Waals surface area contributed by atoms with Gasteiger partial charge in [0.15, 0.2) is 0 Å². The first-order valence-corrected chi connectivity index (χ1v) is 10.3. The van der Waals surface area contributed by atoms with E-state index < -0.39 is 0 Å². The highest BCUT2D eigenvalue weighted by molar-refractivity contribution is 5.89. The van der Waals surface area contributed by atoms with Gasteiger partial charge in [0.25, 0.3) is 0 Å². The topological polar surface area (TPSA) is 96.3 Å². The van der Waals surface area contributed by atoms with Crippen molar-refractivity contribution in [3.63, 3.8) is 0 Å². The highest BCUT2D eigenvalue weighted by atomic mass is 16.3. The Bertz CT molecular complexity index is 1010. The highest BCUT2D eigenvalue weighted by Crippen LogP contribution is 2.19. The zero-order valence-electron chi connectivity index (χ0n) is 18.1. The molecule has 0 aliphatic carbocycles. The largest absolute Gasteiger partial charge is 0.444 e. The third kappa shape index (κ3) is 6.99. The average Bonchev–Trinajstić information content (AvgIpc) is 3.18. The summed E-state index contributed by atoms with van der Waals surface area (Å²) >= 11 is 0. The number of oxazole rings is 1. The molecule has 0 aliphatic heterocycles. The molecule has 0 unspecified atom stereocenters. The molecule has 0 atom stereocenters. The van der Waals surface area contributed by atoms with Gasteiger partial charge in [0.2, 0.25) is 11.8 Å². The minimum absolute atomic E-state index is 0.0214. The predicted molar refractivity (Wildman–Crippen MR) is 121 cm³/mol. The molecule has 31 heavy (non-hydrogen) atoms. The number of aromatic nitrogens is 1. The molecule has 3 amide bonds. The third-order valence-corrected chi connectivity index (χ3v) is 4.54. The number of urea groups is 1. The van der Waals surface area contributed by atoms with Crippen LogP contribution in [-0.4, -0.2) is 29.5 Å². The number of anilines is 1. The first-order valence-electron chi connectivity index (χ1n) is 10.3. The lowest BCUT2D eigenvalue weighted by atomic mass is 10.1. The number of carbonyl (C=O) groups is 2. The predicted octanol–water partition coefficient (Wildman–Crippen LogP) is 4.08. The van der Waals surface area contributed by atoms with E-state index in [1.165, 1.54) is 5.56 Å². The van der Waals surface area contributed by atoms with Gasteiger partial charge in [-0.3, -0.25) is 4.79 Å². The lowest BCUT2D eigenvalue weighted by Crippen LogP contribution is -2.31. The number of hydrogen-bond acceptors (Lipinski definition) is 4. The molecule has 1 heterocycles. The van der Waals surface area contributed by atoms with Crippen molar-refractivity contribution in [1.82, 2.24) is 15.6 Å². The molecule has 3 rings (SSSR count). The Morgan fingerprint density at radius 1 is 1.03 bits per heavy atom. The molecule has 0 bridgehead atoms. The van der Waals surface area contributed by atoms with Crippen molar-refractivity contribution in [3.8, 4) is 11.5 Å². The Kier molecular flexibility index (Phi) is 7.43. The molecule has 1 aromatic heterocycles. The number of benzene rings is 2.